The van der Waals surface area contributed by atoms with E-state index in [-0.39, 0.29) is 12.2 Å². The highest BCUT2D eigenvalue weighted by Gasteiger charge is 2.49. The predicted octanol–water partition coefficient (Wildman–Crippen LogP) is 2.76. The molecule has 1 aliphatic heterocycles. The van der Waals surface area contributed by atoms with Crippen LogP contribution in [0.15, 0.2) is 16.6 Å². The van der Waals surface area contributed by atoms with Crippen LogP contribution in [0.25, 0.3) is 6.08 Å². The van der Waals surface area contributed by atoms with Crippen molar-refractivity contribution in [3.05, 3.63) is 27.7 Å². The van der Waals surface area contributed by atoms with E-state index in [2.05, 4.69) is 22.0 Å². The Labute approximate surface area is 136 Å². The summed E-state index contributed by atoms with van der Waals surface area (Å²) in [6.07, 6.45) is 4.43. The number of aliphatic carboxylic acids is 1. The molecule has 1 saturated carbocycles. The van der Waals surface area contributed by atoms with Crippen molar-refractivity contribution in [2.45, 2.75) is 36.6 Å². The minimum Gasteiger partial charge on any atom is -0.480 e. The summed E-state index contributed by atoms with van der Waals surface area (Å²) in [6, 6.07) is 4.03. The molecule has 1 fully saturated rings. The Morgan fingerprint density at radius 2 is 1.82 bits per heavy atom. The van der Waals surface area contributed by atoms with Crippen LogP contribution in [0.1, 0.15) is 36.8 Å². The lowest BCUT2D eigenvalue weighted by Crippen LogP contribution is -2.53. The highest BCUT2D eigenvalue weighted by molar-refractivity contribution is 9.11. The van der Waals surface area contributed by atoms with E-state index in [0.29, 0.717) is 25.7 Å². The van der Waals surface area contributed by atoms with Crippen LogP contribution in [0.3, 0.4) is 0 Å². The van der Waals surface area contributed by atoms with E-state index in [4.69, 9.17) is 15.2 Å². The van der Waals surface area contributed by atoms with Crippen molar-refractivity contribution in [2.75, 3.05) is 6.79 Å². The van der Waals surface area contributed by atoms with Gasteiger partial charge in [-0.2, -0.15) is 0 Å². The van der Waals surface area contributed by atoms with Crippen LogP contribution in [0.4, 0.5) is 0 Å². The molecule has 22 heavy (non-hydrogen) atoms. The molecule has 3 N–H and O–H groups in total. The van der Waals surface area contributed by atoms with Gasteiger partial charge in [0.2, 0.25) is 6.79 Å². The summed E-state index contributed by atoms with van der Waals surface area (Å²) in [4.78, 5) is 11.4. The lowest BCUT2D eigenvalue weighted by atomic mass is 9.65. The SMILES string of the molecule is NC1(C(=O)O)CCC2(CC1)C(Br)=Cc1cc3c(cc12)OCO3. The molecule has 0 saturated heterocycles. The fraction of sp³-hybridized carbons (Fsp3) is 0.438. The first-order chi connectivity index (χ1) is 10.4. The highest BCUT2D eigenvalue weighted by Crippen LogP contribution is 2.56. The van der Waals surface area contributed by atoms with Gasteiger partial charge in [-0.1, -0.05) is 15.9 Å². The summed E-state index contributed by atoms with van der Waals surface area (Å²) in [7, 11) is 0. The van der Waals surface area contributed by atoms with E-state index < -0.39 is 11.5 Å². The van der Waals surface area contributed by atoms with Gasteiger partial charge in [0.15, 0.2) is 11.5 Å². The number of allylic oxidation sites excluding steroid dienone is 1. The molecule has 0 bridgehead atoms. The number of hydrogen-bond donors (Lipinski definition) is 2. The Morgan fingerprint density at radius 3 is 2.45 bits per heavy atom. The smallest absolute Gasteiger partial charge is 0.323 e. The van der Waals surface area contributed by atoms with Crippen LogP contribution >= 0.6 is 15.9 Å². The minimum atomic E-state index is -1.11. The van der Waals surface area contributed by atoms with Gasteiger partial charge in [0.25, 0.3) is 0 Å². The quantitative estimate of drug-likeness (QED) is 0.799. The normalized spacial score (nSPS) is 32.0. The Balaban J connectivity index is 1.74. The van der Waals surface area contributed by atoms with Crippen molar-refractivity contribution >= 4 is 28.0 Å². The van der Waals surface area contributed by atoms with E-state index in [1.807, 2.05) is 12.1 Å². The van der Waals surface area contributed by atoms with E-state index in [0.717, 1.165) is 21.5 Å². The molecular weight excluding hydrogens is 350 g/mol. The third-order valence-electron chi connectivity index (χ3n) is 5.22. The van der Waals surface area contributed by atoms with Crippen LogP contribution in [-0.2, 0) is 10.2 Å². The molecule has 0 radical (unpaired) electrons. The van der Waals surface area contributed by atoms with E-state index in [1.165, 1.54) is 5.56 Å². The number of fused-ring (bicyclic) bond motifs is 3. The third kappa shape index (κ3) is 1.77. The van der Waals surface area contributed by atoms with Gasteiger partial charge >= 0.3 is 5.97 Å². The first-order valence-corrected chi connectivity index (χ1v) is 8.08. The molecule has 2 aliphatic carbocycles. The molecule has 0 aromatic heterocycles. The Kier molecular flexibility index (Phi) is 2.87. The van der Waals surface area contributed by atoms with Gasteiger partial charge in [-0.15, -0.1) is 0 Å². The van der Waals surface area contributed by atoms with Crippen molar-refractivity contribution in [3.63, 3.8) is 0 Å². The number of carboxylic acid groups (broad SMARTS) is 1. The van der Waals surface area contributed by atoms with Gasteiger partial charge in [0.05, 0.1) is 0 Å². The molecule has 6 heteroatoms. The number of carbonyl (C=O) groups is 1. The van der Waals surface area contributed by atoms with E-state index in [9.17, 15) is 9.90 Å². The summed E-state index contributed by atoms with van der Waals surface area (Å²) in [5, 5.41) is 9.33. The molecule has 1 spiro atoms. The van der Waals surface area contributed by atoms with Gasteiger partial charge in [0, 0.05) is 9.90 Å². The van der Waals surface area contributed by atoms with Crippen molar-refractivity contribution in [1.29, 1.82) is 0 Å². The summed E-state index contributed by atoms with van der Waals surface area (Å²) in [5.41, 5.74) is 7.01. The molecule has 1 aromatic rings. The average Bonchev–Trinajstić information content (AvgIpc) is 3.03. The topological polar surface area (TPSA) is 81.8 Å². The second-order valence-corrected chi connectivity index (χ2v) is 7.18. The second-order valence-electron chi connectivity index (χ2n) is 6.33. The predicted molar refractivity (Wildman–Crippen MR) is 84.2 cm³/mol. The fourth-order valence-electron chi connectivity index (χ4n) is 3.74. The van der Waals surface area contributed by atoms with Crippen molar-refractivity contribution in [2.24, 2.45) is 5.73 Å². The first-order valence-electron chi connectivity index (χ1n) is 7.29. The molecule has 0 unspecified atom stereocenters. The van der Waals surface area contributed by atoms with E-state index in [1.54, 1.807) is 0 Å². The summed E-state index contributed by atoms with van der Waals surface area (Å²) >= 11 is 3.69. The largest absolute Gasteiger partial charge is 0.480 e. The zero-order chi connectivity index (χ0) is 15.5. The zero-order valence-corrected chi connectivity index (χ0v) is 13.5. The monoisotopic (exact) mass is 365 g/mol. The highest BCUT2D eigenvalue weighted by atomic mass is 79.9. The summed E-state index contributed by atoms with van der Waals surface area (Å²) < 4.78 is 12.0. The van der Waals surface area contributed by atoms with Gasteiger partial charge < -0.3 is 20.3 Å². The fourth-order valence-corrected chi connectivity index (χ4v) is 4.60. The molecule has 5 nitrogen and oxygen atoms in total. The number of carboxylic acids is 1. The molecule has 0 atom stereocenters. The minimum absolute atomic E-state index is 0.186. The van der Waals surface area contributed by atoms with Gasteiger partial charge in [-0.3, -0.25) is 4.79 Å². The number of hydrogen-bond acceptors (Lipinski definition) is 4. The maximum Gasteiger partial charge on any atom is 0.323 e. The standard InChI is InChI=1S/C16H16BrNO4/c17-13-6-9-5-11-12(22-8-21-11)7-10(9)15(13)1-3-16(18,4-2-15)14(19)20/h5-7H,1-4,8,18H2,(H,19,20). The third-order valence-corrected chi connectivity index (χ3v) is 6.21. The Morgan fingerprint density at radius 1 is 1.18 bits per heavy atom. The van der Waals surface area contributed by atoms with Gasteiger partial charge in [-0.25, -0.2) is 0 Å². The lowest BCUT2D eigenvalue weighted by Gasteiger charge is -2.42. The molecule has 1 heterocycles. The summed E-state index contributed by atoms with van der Waals surface area (Å²) in [6.45, 7) is 0.251. The molecule has 4 rings (SSSR count). The zero-order valence-electron chi connectivity index (χ0n) is 11.9. The average molecular weight is 366 g/mol. The van der Waals surface area contributed by atoms with Crippen LogP contribution < -0.4 is 15.2 Å². The molecule has 1 aromatic carbocycles. The Bertz CT molecular complexity index is 704. The number of halogens is 1. The number of rotatable bonds is 1. The van der Waals surface area contributed by atoms with E-state index >= 15 is 0 Å². The molecule has 3 aliphatic rings. The number of benzene rings is 1. The lowest BCUT2D eigenvalue weighted by molar-refractivity contribution is -0.145. The molecule has 116 valence electrons. The summed E-state index contributed by atoms with van der Waals surface area (Å²) in [5.74, 6) is 0.616. The first kappa shape index (κ1) is 14.1. The maximum atomic E-state index is 11.4. The van der Waals surface area contributed by atoms with Crippen LogP contribution in [0.2, 0.25) is 0 Å². The van der Waals surface area contributed by atoms with Gasteiger partial charge in [-0.05, 0) is 55.0 Å². The van der Waals surface area contributed by atoms with Crippen molar-refractivity contribution in [1.82, 2.24) is 0 Å². The van der Waals surface area contributed by atoms with Crippen LogP contribution in [-0.4, -0.2) is 23.4 Å². The number of nitrogens with two attached hydrogens (primary N) is 1. The van der Waals surface area contributed by atoms with Crippen molar-refractivity contribution in [3.8, 4) is 11.5 Å². The molecule has 0 amide bonds. The molecular formula is C16H16BrNO4. The second kappa shape index (κ2) is 4.49. The number of ether oxygens (including phenoxy) is 2. The van der Waals surface area contributed by atoms with Crippen LogP contribution in [0, 0.1) is 0 Å². The maximum absolute atomic E-state index is 11.4. The Hall–Kier alpha value is -1.53. The van der Waals surface area contributed by atoms with Gasteiger partial charge in [0.1, 0.15) is 5.54 Å². The van der Waals surface area contributed by atoms with Crippen LogP contribution in [0.5, 0.6) is 11.5 Å². The van der Waals surface area contributed by atoms with Crippen molar-refractivity contribution < 1.29 is 19.4 Å².